The van der Waals surface area contributed by atoms with Gasteiger partial charge in [-0.1, -0.05) is 17.7 Å². The first-order chi connectivity index (χ1) is 7.06. The first-order valence-corrected chi connectivity index (χ1v) is 4.86. The van der Waals surface area contributed by atoms with Crippen molar-refractivity contribution in [2.45, 2.75) is 13.0 Å². The van der Waals surface area contributed by atoms with E-state index < -0.39 is 5.82 Å². The average molecular weight is 231 g/mol. The fourth-order valence-corrected chi connectivity index (χ4v) is 1.15. The summed E-state index contributed by atoms with van der Waals surface area (Å²) in [6.07, 6.45) is 0. The number of carbonyl (C=O) groups is 1. The van der Waals surface area contributed by atoms with E-state index in [4.69, 9.17) is 11.6 Å². The fraction of sp³-hybridized carbons (Fsp3) is 0.300. The molecular formula is C10H12ClFN2O. The SMILES string of the molecule is CNC(C)C(=O)Nc1cccc(Cl)c1F. The summed E-state index contributed by atoms with van der Waals surface area (Å²) < 4.78 is 13.4. The molecule has 2 N–H and O–H groups in total. The number of halogens is 2. The Labute approximate surface area is 92.6 Å². The number of rotatable bonds is 3. The van der Waals surface area contributed by atoms with Gasteiger partial charge in [0.1, 0.15) is 0 Å². The maximum atomic E-state index is 13.4. The predicted octanol–water partition coefficient (Wildman–Crippen LogP) is 2.03. The van der Waals surface area contributed by atoms with E-state index in [1.165, 1.54) is 12.1 Å². The summed E-state index contributed by atoms with van der Waals surface area (Å²) in [5.74, 6) is -0.922. The van der Waals surface area contributed by atoms with Gasteiger partial charge >= 0.3 is 0 Å². The highest BCUT2D eigenvalue weighted by Crippen LogP contribution is 2.21. The lowest BCUT2D eigenvalue weighted by molar-refractivity contribution is -0.117. The summed E-state index contributed by atoms with van der Waals surface area (Å²) in [6.45, 7) is 1.68. The first-order valence-electron chi connectivity index (χ1n) is 4.48. The van der Waals surface area contributed by atoms with Gasteiger partial charge in [-0.2, -0.15) is 0 Å². The number of likely N-dealkylation sites (N-methyl/N-ethyl adjacent to an activating group) is 1. The van der Waals surface area contributed by atoms with Gasteiger partial charge < -0.3 is 10.6 Å². The molecule has 1 atom stereocenters. The van der Waals surface area contributed by atoms with Crippen LogP contribution in [0.15, 0.2) is 18.2 Å². The van der Waals surface area contributed by atoms with Gasteiger partial charge in [0, 0.05) is 0 Å². The molecule has 0 aliphatic rings. The molecule has 0 aliphatic heterocycles. The Morgan fingerprint density at radius 3 is 2.80 bits per heavy atom. The van der Waals surface area contributed by atoms with Gasteiger partial charge in [-0.3, -0.25) is 4.79 Å². The molecule has 0 fully saturated rings. The molecule has 1 rings (SSSR count). The zero-order chi connectivity index (χ0) is 11.4. The summed E-state index contributed by atoms with van der Waals surface area (Å²) in [5.41, 5.74) is 0.0922. The highest BCUT2D eigenvalue weighted by Gasteiger charge is 2.13. The van der Waals surface area contributed by atoms with Crippen LogP contribution < -0.4 is 10.6 Å². The zero-order valence-electron chi connectivity index (χ0n) is 8.47. The Morgan fingerprint density at radius 2 is 2.20 bits per heavy atom. The van der Waals surface area contributed by atoms with Crippen LogP contribution in [0.25, 0.3) is 0 Å². The summed E-state index contributed by atoms with van der Waals surface area (Å²) >= 11 is 5.57. The van der Waals surface area contributed by atoms with Crippen molar-refractivity contribution in [2.24, 2.45) is 0 Å². The number of amides is 1. The van der Waals surface area contributed by atoms with Crippen LogP contribution in [-0.2, 0) is 4.79 Å². The molecule has 0 saturated carbocycles. The van der Waals surface area contributed by atoms with Crippen LogP contribution in [0.2, 0.25) is 5.02 Å². The number of benzene rings is 1. The molecule has 3 nitrogen and oxygen atoms in total. The van der Waals surface area contributed by atoms with E-state index in [0.717, 1.165) is 0 Å². The van der Waals surface area contributed by atoms with Crippen molar-refractivity contribution in [1.29, 1.82) is 0 Å². The highest BCUT2D eigenvalue weighted by molar-refractivity contribution is 6.31. The van der Waals surface area contributed by atoms with Gasteiger partial charge in [-0.15, -0.1) is 0 Å². The van der Waals surface area contributed by atoms with Crippen LogP contribution in [0, 0.1) is 5.82 Å². The van der Waals surface area contributed by atoms with Gasteiger partial charge in [0.15, 0.2) is 5.82 Å². The van der Waals surface area contributed by atoms with Crippen molar-refractivity contribution in [2.75, 3.05) is 12.4 Å². The smallest absolute Gasteiger partial charge is 0.241 e. The second kappa shape index (κ2) is 5.09. The lowest BCUT2D eigenvalue weighted by Gasteiger charge is -2.11. The van der Waals surface area contributed by atoms with Crippen LogP contribution in [0.1, 0.15) is 6.92 Å². The summed E-state index contributed by atoms with van der Waals surface area (Å²) in [5, 5.41) is 5.18. The minimum atomic E-state index is -0.615. The van der Waals surface area contributed by atoms with E-state index in [0.29, 0.717) is 0 Å². The minimum Gasteiger partial charge on any atom is -0.322 e. The van der Waals surface area contributed by atoms with Gasteiger partial charge in [-0.05, 0) is 26.1 Å². The molecule has 1 aromatic rings. The number of hydrogen-bond donors (Lipinski definition) is 2. The fourth-order valence-electron chi connectivity index (χ4n) is 0.972. The molecule has 0 saturated heterocycles. The molecule has 5 heteroatoms. The molecule has 0 bridgehead atoms. The molecule has 0 aromatic heterocycles. The van der Waals surface area contributed by atoms with Crippen molar-refractivity contribution >= 4 is 23.2 Å². The third-order valence-corrected chi connectivity index (χ3v) is 2.33. The largest absolute Gasteiger partial charge is 0.322 e. The van der Waals surface area contributed by atoms with Crippen LogP contribution in [0.3, 0.4) is 0 Å². The quantitative estimate of drug-likeness (QED) is 0.834. The third-order valence-electron chi connectivity index (χ3n) is 2.04. The average Bonchev–Trinajstić information content (AvgIpc) is 2.23. The maximum absolute atomic E-state index is 13.4. The molecule has 1 unspecified atom stereocenters. The van der Waals surface area contributed by atoms with Crippen LogP contribution in [0.4, 0.5) is 10.1 Å². The topological polar surface area (TPSA) is 41.1 Å². The minimum absolute atomic E-state index is 0.00934. The van der Waals surface area contributed by atoms with Crippen molar-refractivity contribution < 1.29 is 9.18 Å². The molecular weight excluding hydrogens is 219 g/mol. The van der Waals surface area contributed by atoms with E-state index in [1.54, 1.807) is 20.0 Å². The first kappa shape index (κ1) is 11.9. The normalized spacial score (nSPS) is 12.3. The standard InChI is InChI=1S/C10H12ClFN2O/c1-6(13-2)10(15)14-8-5-3-4-7(11)9(8)12/h3-6,13H,1-2H3,(H,14,15). The lowest BCUT2D eigenvalue weighted by Crippen LogP contribution is -2.35. The van der Waals surface area contributed by atoms with Crippen molar-refractivity contribution in [3.63, 3.8) is 0 Å². The Morgan fingerprint density at radius 1 is 1.53 bits per heavy atom. The Balaban J connectivity index is 2.81. The molecule has 15 heavy (non-hydrogen) atoms. The summed E-state index contributed by atoms with van der Waals surface area (Å²) in [6, 6.07) is 4.07. The second-order valence-corrected chi connectivity index (χ2v) is 3.51. The molecule has 0 aliphatic carbocycles. The van der Waals surface area contributed by atoms with Crippen molar-refractivity contribution in [3.8, 4) is 0 Å². The van der Waals surface area contributed by atoms with Gasteiger partial charge in [-0.25, -0.2) is 4.39 Å². The van der Waals surface area contributed by atoms with E-state index in [2.05, 4.69) is 10.6 Å². The van der Waals surface area contributed by atoms with Gasteiger partial charge in [0.05, 0.1) is 16.8 Å². The Hall–Kier alpha value is -1.13. The van der Waals surface area contributed by atoms with Crippen LogP contribution >= 0.6 is 11.6 Å². The van der Waals surface area contributed by atoms with E-state index in [-0.39, 0.29) is 22.7 Å². The summed E-state index contributed by atoms with van der Waals surface area (Å²) in [7, 11) is 1.65. The molecule has 82 valence electrons. The van der Waals surface area contributed by atoms with E-state index in [1.807, 2.05) is 0 Å². The molecule has 0 heterocycles. The Bertz CT molecular complexity index is 370. The van der Waals surface area contributed by atoms with Gasteiger partial charge in [0.25, 0.3) is 0 Å². The molecule has 1 aromatic carbocycles. The van der Waals surface area contributed by atoms with E-state index in [9.17, 15) is 9.18 Å². The monoisotopic (exact) mass is 230 g/mol. The number of nitrogens with one attached hydrogen (secondary N) is 2. The Kier molecular flexibility index (Phi) is 4.05. The van der Waals surface area contributed by atoms with Crippen molar-refractivity contribution in [3.05, 3.63) is 29.0 Å². The molecule has 1 amide bonds. The molecule has 0 spiro atoms. The molecule has 0 radical (unpaired) electrons. The number of hydrogen-bond acceptors (Lipinski definition) is 2. The number of carbonyl (C=O) groups excluding carboxylic acids is 1. The maximum Gasteiger partial charge on any atom is 0.241 e. The third kappa shape index (κ3) is 2.91. The summed E-state index contributed by atoms with van der Waals surface area (Å²) in [4.78, 5) is 11.4. The lowest BCUT2D eigenvalue weighted by atomic mass is 10.2. The van der Waals surface area contributed by atoms with Crippen LogP contribution in [-0.4, -0.2) is 19.0 Å². The van der Waals surface area contributed by atoms with E-state index >= 15 is 0 Å². The zero-order valence-corrected chi connectivity index (χ0v) is 9.23. The van der Waals surface area contributed by atoms with Crippen LogP contribution in [0.5, 0.6) is 0 Å². The highest BCUT2D eigenvalue weighted by atomic mass is 35.5. The second-order valence-electron chi connectivity index (χ2n) is 3.10. The van der Waals surface area contributed by atoms with Crippen molar-refractivity contribution in [1.82, 2.24) is 5.32 Å². The predicted molar refractivity (Wildman–Crippen MR) is 58.6 cm³/mol. The number of anilines is 1. The van der Waals surface area contributed by atoms with Gasteiger partial charge in [0.2, 0.25) is 5.91 Å².